The van der Waals surface area contributed by atoms with E-state index in [-0.39, 0.29) is 5.38 Å². The van der Waals surface area contributed by atoms with Crippen LogP contribution in [0, 0.1) is 0 Å². The van der Waals surface area contributed by atoms with Crippen molar-refractivity contribution in [2.75, 3.05) is 20.1 Å². The maximum absolute atomic E-state index is 6.30. The van der Waals surface area contributed by atoms with Gasteiger partial charge in [0.2, 0.25) is 0 Å². The van der Waals surface area contributed by atoms with E-state index in [1.807, 2.05) is 0 Å². The van der Waals surface area contributed by atoms with Gasteiger partial charge < -0.3 is 4.90 Å². The lowest BCUT2D eigenvalue weighted by molar-refractivity contribution is 0.348. The first kappa shape index (κ1) is 9.04. The number of halogens is 1. The minimum absolute atomic E-state index is 0.156. The molecule has 0 aliphatic carbocycles. The Bertz CT molecular complexity index is 298. The Balaban J connectivity index is 2.35. The summed E-state index contributed by atoms with van der Waals surface area (Å²) in [6, 6.07) is 8.49. The number of fused-ring (bicyclic) bond motifs is 1. The molecule has 1 aromatic carbocycles. The highest BCUT2D eigenvalue weighted by Crippen LogP contribution is 2.27. The molecule has 2 rings (SSSR count). The Morgan fingerprint density at radius 3 is 3.00 bits per heavy atom. The van der Waals surface area contributed by atoms with Gasteiger partial charge in [-0.05, 0) is 24.6 Å². The van der Waals surface area contributed by atoms with E-state index in [1.165, 1.54) is 11.1 Å². The van der Waals surface area contributed by atoms with Gasteiger partial charge in [-0.2, -0.15) is 0 Å². The van der Waals surface area contributed by atoms with Crippen LogP contribution in [0.5, 0.6) is 0 Å². The monoisotopic (exact) mass is 195 g/mol. The van der Waals surface area contributed by atoms with Gasteiger partial charge in [-0.3, -0.25) is 0 Å². The van der Waals surface area contributed by atoms with Gasteiger partial charge in [0.25, 0.3) is 0 Å². The molecule has 1 aromatic rings. The maximum atomic E-state index is 6.30. The molecule has 0 saturated heterocycles. The van der Waals surface area contributed by atoms with E-state index in [4.69, 9.17) is 11.6 Å². The van der Waals surface area contributed by atoms with Gasteiger partial charge in [0.1, 0.15) is 0 Å². The summed E-state index contributed by atoms with van der Waals surface area (Å²) in [6.07, 6.45) is 1.12. The summed E-state index contributed by atoms with van der Waals surface area (Å²) in [5, 5.41) is 0.156. The second kappa shape index (κ2) is 3.69. The van der Waals surface area contributed by atoms with Gasteiger partial charge in [-0.15, -0.1) is 11.6 Å². The number of rotatable bonds is 0. The summed E-state index contributed by atoms with van der Waals surface area (Å²) in [5.74, 6) is 0. The Morgan fingerprint density at radius 1 is 1.38 bits per heavy atom. The maximum Gasteiger partial charge on any atom is 0.0714 e. The molecular formula is C11H14ClN. The summed E-state index contributed by atoms with van der Waals surface area (Å²) in [5.41, 5.74) is 2.72. The Morgan fingerprint density at radius 2 is 2.15 bits per heavy atom. The van der Waals surface area contributed by atoms with E-state index in [1.54, 1.807) is 0 Å². The van der Waals surface area contributed by atoms with Gasteiger partial charge in [0.15, 0.2) is 0 Å². The second-order valence-electron chi connectivity index (χ2n) is 3.68. The van der Waals surface area contributed by atoms with Gasteiger partial charge in [-0.1, -0.05) is 24.3 Å². The highest BCUT2D eigenvalue weighted by Gasteiger charge is 2.18. The molecule has 1 aliphatic heterocycles. The van der Waals surface area contributed by atoms with Crippen molar-refractivity contribution in [1.29, 1.82) is 0 Å². The van der Waals surface area contributed by atoms with Crippen LogP contribution in [0.4, 0.5) is 0 Å². The molecule has 1 aliphatic rings. The van der Waals surface area contributed by atoms with Gasteiger partial charge in [0, 0.05) is 13.1 Å². The number of alkyl halides is 1. The fourth-order valence-electron chi connectivity index (χ4n) is 1.84. The smallest absolute Gasteiger partial charge is 0.0714 e. The third kappa shape index (κ3) is 1.87. The van der Waals surface area contributed by atoms with Crippen LogP contribution in [-0.4, -0.2) is 25.0 Å². The first-order valence-corrected chi connectivity index (χ1v) is 5.11. The number of hydrogen-bond donors (Lipinski definition) is 0. The summed E-state index contributed by atoms with van der Waals surface area (Å²) >= 11 is 6.30. The van der Waals surface area contributed by atoms with Gasteiger partial charge in [0.05, 0.1) is 5.38 Å². The Hall–Kier alpha value is -0.530. The number of nitrogens with zero attached hydrogens (tertiary/aromatic N) is 1. The minimum Gasteiger partial charge on any atom is -0.304 e. The largest absolute Gasteiger partial charge is 0.304 e. The van der Waals surface area contributed by atoms with Crippen LogP contribution in [0.3, 0.4) is 0 Å². The SMILES string of the molecule is CN1CCc2ccccc2C(Cl)C1. The van der Waals surface area contributed by atoms with Crippen molar-refractivity contribution in [2.45, 2.75) is 11.8 Å². The molecule has 1 heterocycles. The van der Waals surface area contributed by atoms with Crippen LogP contribution in [0.15, 0.2) is 24.3 Å². The van der Waals surface area contributed by atoms with Crippen molar-refractivity contribution < 1.29 is 0 Å². The van der Waals surface area contributed by atoms with Crippen molar-refractivity contribution in [2.24, 2.45) is 0 Å². The molecule has 0 bridgehead atoms. The lowest BCUT2D eigenvalue weighted by Crippen LogP contribution is -2.21. The van der Waals surface area contributed by atoms with E-state index >= 15 is 0 Å². The number of hydrogen-bond acceptors (Lipinski definition) is 1. The zero-order valence-corrected chi connectivity index (χ0v) is 8.59. The van der Waals surface area contributed by atoms with E-state index in [0.717, 1.165) is 19.5 Å². The Labute approximate surface area is 84.3 Å². The molecule has 0 fully saturated rings. The van der Waals surface area contributed by atoms with Crippen LogP contribution in [-0.2, 0) is 6.42 Å². The van der Waals surface area contributed by atoms with E-state index in [9.17, 15) is 0 Å². The fourth-order valence-corrected chi connectivity index (χ4v) is 2.29. The predicted molar refractivity (Wildman–Crippen MR) is 56.2 cm³/mol. The highest BCUT2D eigenvalue weighted by atomic mass is 35.5. The molecule has 1 unspecified atom stereocenters. The van der Waals surface area contributed by atoms with Crippen molar-refractivity contribution in [1.82, 2.24) is 4.90 Å². The zero-order valence-electron chi connectivity index (χ0n) is 7.83. The van der Waals surface area contributed by atoms with Crippen molar-refractivity contribution in [3.05, 3.63) is 35.4 Å². The first-order chi connectivity index (χ1) is 6.27. The first-order valence-electron chi connectivity index (χ1n) is 4.68. The average molecular weight is 196 g/mol. The standard InChI is InChI=1S/C11H14ClN/c1-13-7-6-9-4-2-3-5-10(9)11(12)8-13/h2-5,11H,6-8H2,1H3. The third-order valence-electron chi connectivity index (χ3n) is 2.63. The average Bonchev–Trinajstić information content (AvgIpc) is 2.27. The van der Waals surface area contributed by atoms with Crippen LogP contribution in [0.25, 0.3) is 0 Å². The van der Waals surface area contributed by atoms with Crippen molar-refractivity contribution in [3.8, 4) is 0 Å². The van der Waals surface area contributed by atoms with Crippen LogP contribution in [0.2, 0.25) is 0 Å². The van der Waals surface area contributed by atoms with Crippen molar-refractivity contribution >= 4 is 11.6 Å². The van der Waals surface area contributed by atoms with E-state index in [2.05, 4.69) is 36.2 Å². The molecule has 2 heteroatoms. The minimum atomic E-state index is 0.156. The molecule has 0 aromatic heterocycles. The predicted octanol–water partition coefficient (Wildman–Crippen LogP) is 2.45. The molecule has 13 heavy (non-hydrogen) atoms. The van der Waals surface area contributed by atoms with Gasteiger partial charge >= 0.3 is 0 Å². The summed E-state index contributed by atoms with van der Waals surface area (Å²) in [4.78, 5) is 2.29. The zero-order chi connectivity index (χ0) is 9.26. The molecule has 0 saturated carbocycles. The van der Waals surface area contributed by atoms with Gasteiger partial charge in [-0.25, -0.2) is 0 Å². The highest BCUT2D eigenvalue weighted by molar-refractivity contribution is 6.21. The lowest BCUT2D eigenvalue weighted by atomic mass is 10.0. The van der Waals surface area contributed by atoms with Crippen LogP contribution >= 0.6 is 11.6 Å². The molecule has 0 N–H and O–H groups in total. The molecular weight excluding hydrogens is 182 g/mol. The number of benzene rings is 1. The quantitative estimate of drug-likeness (QED) is 0.575. The summed E-state index contributed by atoms with van der Waals surface area (Å²) in [6.45, 7) is 2.07. The topological polar surface area (TPSA) is 3.24 Å². The number of likely N-dealkylation sites (N-methyl/N-ethyl adjacent to an activating group) is 1. The fraction of sp³-hybridized carbons (Fsp3) is 0.455. The summed E-state index contributed by atoms with van der Waals surface area (Å²) < 4.78 is 0. The molecule has 70 valence electrons. The molecule has 0 radical (unpaired) electrons. The summed E-state index contributed by atoms with van der Waals surface area (Å²) in [7, 11) is 2.13. The third-order valence-corrected chi connectivity index (χ3v) is 3.00. The van der Waals surface area contributed by atoms with Crippen LogP contribution in [0.1, 0.15) is 16.5 Å². The molecule has 1 nitrogen and oxygen atoms in total. The van der Waals surface area contributed by atoms with Crippen molar-refractivity contribution in [3.63, 3.8) is 0 Å². The molecule has 0 spiro atoms. The van der Waals surface area contributed by atoms with E-state index < -0.39 is 0 Å². The normalized spacial score (nSPS) is 23.7. The lowest BCUT2D eigenvalue weighted by Gasteiger charge is -2.15. The van der Waals surface area contributed by atoms with E-state index in [0.29, 0.717) is 0 Å². The second-order valence-corrected chi connectivity index (χ2v) is 4.21. The molecule has 1 atom stereocenters. The molecule has 0 amide bonds. The Kier molecular flexibility index (Phi) is 2.56. The van der Waals surface area contributed by atoms with Crippen LogP contribution < -0.4 is 0 Å².